The van der Waals surface area contributed by atoms with E-state index in [0.717, 1.165) is 12.1 Å². The van der Waals surface area contributed by atoms with E-state index in [1.54, 1.807) is 6.07 Å². The number of carbonyl (C=O) groups is 1. The zero-order valence-electron chi connectivity index (χ0n) is 10.1. The van der Waals surface area contributed by atoms with Gasteiger partial charge in [-0.1, -0.05) is 6.92 Å². The van der Waals surface area contributed by atoms with E-state index >= 15 is 0 Å². The third-order valence-electron chi connectivity index (χ3n) is 2.69. The lowest BCUT2D eigenvalue weighted by atomic mass is 10.1. The molecule has 1 aromatic heterocycles. The number of pyridine rings is 1. The van der Waals surface area contributed by atoms with Crippen LogP contribution in [0.25, 0.3) is 0 Å². The van der Waals surface area contributed by atoms with E-state index in [2.05, 4.69) is 4.98 Å². The van der Waals surface area contributed by atoms with Crippen LogP contribution in [0.2, 0.25) is 0 Å². The molecule has 17 heavy (non-hydrogen) atoms. The average Bonchev–Trinajstić information content (AvgIpc) is 2.30. The molecule has 1 heterocycles. The highest BCUT2D eigenvalue weighted by molar-refractivity contribution is 5.66. The fourth-order valence-electron chi connectivity index (χ4n) is 1.76. The topological polar surface area (TPSA) is 53.4 Å². The normalized spacial score (nSPS) is 12.7. The lowest BCUT2D eigenvalue weighted by Crippen LogP contribution is -2.27. The molecule has 1 atom stereocenters. The van der Waals surface area contributed by atoms with E-state index in [1.807, 2.05) is 18.9 Å². The summed E-state index contributed by atoms with van der Waals surface area (Å²) >= 11 is 0. The number of aromatic nitrogens is 1. The van der Waals surface area contributed by atoms with Gasteiger partial charge in [-0.3, -0.25) is 14.7 Å². The molecule has 1 unspecified atom stereocenters. The molecule has 0 aromatic carbocycles. The highest BCUT2D eigenvalue weighted by Gasteiger charge is 2.16. The molecule has 5 heteroatoms. The van der Waals surface area contributed by atoms with Crippen LogP contribution in [-0.2, 0) is 4.79 Å². The maximum Gasteiger partial charge on any atom is 0.304 e. The lowest BCUT2D eigenvalue weighted by Gasteiger charge is -2.26. The Balaban J connectivity index is 2.69. The van der Waals surface area contributed by atoms with Crippen molar-refractivity contribution < 1.29 is 14.3 Å². The molecule has 0 fully saturated rings. The predicted octanol–water partition coefficient (Wildman–Crippen LogP) is 2.08. The maximum atomic E-state index is 12.8. The summed E-state index contributed by atoms with van der Waals surface area (Å²) < 4.78 is 12.8. The van der Waals surface area contributed by atoms with Crippen molar-refractivity contribution in [3.63, 3.8) is 0 Å². The summed E-state index contributed by atoms with van der Waals surface area (Å²) in [5, 5.41) is 8.63. The first-order valence-corrected chi connectivity index (χ1v) is 5.58. The average molecular weight is 240 g/mol. The van der Waals surface area contributed by atoms with Crippen LogP contribution in [0.4, 0.5) is 4.39 Å². The Kier molecular flexibility index (Phi) is 5.03. The van der Waals surface area contributed by atoms with Gasteiger partial charge in [-0.25, -0.2) is 4.39 Å². The molecule has 0 radical (unpaired) electrons. The van der Waals surface area contributed by atoms with Crippen molar-refractivity contribution in [1.29, 1.82) is 0 Å². The van der Waals surface area contributed by atoms with Crippen molar-refractivity contribution in [3.8, 4) is 0 Å². The van der Waals surface area contributed by atoms with Gasteiger partial charge >= 0.3 is 5.97 Å². The van der Waals surface area contributed by atoms with Crippen LogP contribution in [0.15, 0.2) is 18.3 Å². The Hall–Kier alpha value is -1.49. The quantitative estimate of drug-likeness (QED) is 0.827. The molecule has 4 nitrogen and oxygen atoms in total. The minimum atomic E-state index is -0.821. The first kappa shape index (κ1) is 13.6. The second-order valence-electron chi connectivity index (χ2n) is 3.95. The van der Waals surface area contributed by atoms with Crippen LogP contribution in [-0.4, -0.2) is 34.6 Å². The van der Waals surface area contributed by atoms with Gasteiger partial charge in [0.1, 0.15) is 5.82 Å². The molecule has 0 aliphatic heterocycles. The molecule has 0 saturated carbocycles. The van der Waals surface area contributed by atoms with E-state index in [-0.39, 0.29) is 18.3 Å². The summed E-state index contributed by atoms with van der Waals surface area (Å²) in [7, 11) is 1.85. The Bertz CT molecular complexity index is 367. The number of hydrogen-bond acceptors (Lipinski definition) is 3. The number of hydrogen-bond donors (Lipinski definition) is 1. The van der Waals surface area contributed by atoms with Crippen LogP contribution in [0, 0.1) is 5.82 Å². The molecular weight excluding hydrogens is 223 g/mol. The van der Waals surface area contributed by atoms with Gasteiger partial charge in [0.2, 0.25) is 0 Å². The summed E-state index contributed by atoms with van der Waals surface area (Å²) in [4.78, 5) is 16.5. The number of aliphatic carboxylic acids is 1. The fourth-order valence-corrected chi connectivity index (χ4v) is 1.76. The number of carboxylic acids is 1. The van der Waals surface area contributed by atoms with Gasteiger partial charge in [-0.05, 0) is 25.6 Å². The Morgan fingerprint density at radius 1 is 1.59 bits per heavy atom. The second-order valence-corrected chi connectivity index (χ2v) is 3.95. The Labute approximate surface area is 100 Å². The Morgan fingerprint density at radius 2 is 2.29 bits per heavy atom. The first-order chi connectivity index (χ1) is 8.04. The molecule has 0 saturated heterocycles. The van der Waals surface area contributed by atoms with E-state index < -0.39 is 5.97 Å². The van der Waals surface area contributed by atoms with Gasteiger partial charge in [0.25, 0.3) is 0 Å². The third kappa shape index (κ3) is 4.11. The van der Waals surface area contributed by atoms with Crippen molar-refractivity contribution >= 4 is 5.97 Å². The third-order valence-corrected chi connectivity index (χ3v) is 2.69. The van der Waals surface area contributed by atoms with Crippen molar-refractivity contribution in [1.82, 2.24) is 9.88 Å². The van der Waals surface area contributed by atoms with Crippen LogP contribution < -0.4 is 0 Å². The van der Waals surface area contributed by atoms with Crippen LogP contribution in [0.3, 0.4) is 0 Å². The molecule has 1 aromatic rings. The van der Waals surface area contributed by atoms with Gasteiger partial charge in [0.15, 0.2) is 0 Å². The molecule has 1 rings (SSSR count). The van der Waals surface area contributed by atoms with E-state index in [4.69, 9.17) is 5.11 Å². The molecule has 0 bridgehead atoms. The second kappa shape index (κ2) is 6.30. The molecule has 1 N–H and O–H groups in total. The first-order valence-electron chi connectivity index (χ1n) is 5.58. The summed E-state index contributed by atoms with van der Waals surface area (Å²) in [6.45, 7) is 2.44. The fraction of sp³-hybridized carbons (Fsp3) is 0.500. The number of halogens is 1. The van der Waals surface area contributed by atoms with Crippen LogP contribution in [0.1, 0.15) is 31.5 Å². The van der Waals surface area contributed by atoms with Crippen molar-refractivity contribution in [3.05, 3.63) is 29.8 Å². The van der Waals surface area contributed by atoms with Crippen LogP contribution >= 0.6 is 0 Å². The molecule has 0 aliphatic carbocycles. The highest BCUT2D eigenvalue weighted by atomic mass is 19.1. The number of rotatable bonds is 6. The smallest absolute Gasteiger partial charge is 0.304 e. The van der Waals surface area contributed by atoms with Gasteiger partial charge < -0.3 is 5.11 Å². The standard InChI is InChI=1S/C12H17FN2O2/c1-3-11(15(2)7-6-12(16)17)10-5-4-9(13)8-14-10/h4-5,8,11H,3,6-7H2,1-2H3,(H,16,17). The summed E-state index contributed by atoms with van der Waals surface area (Å²) in [5.74, 6) is -1.18. The number of nitrogens with zero attached hydrogens (tertiary/aromatic N) is 2. The van der Waals surface area contributed by atoms with Crippen molar-refractivity contribution in [2.75, 3.05) is 13.6 Å². The highest BCUT2D eigenvalue weighted by Crippen LogP contribution is 2.20. The largest absolute Gasteiger partial charge is 0.481 e. The Morgan fingerprint density at radius 3 is 2.76 bits per heavy atom. The molecule has 0 spiro atoms. The van der Waals surface area contributed by atoms with Gasteiger partial charge in [-0.15, -0.1) is 0 Å². The summed E-state index contributed by atoms with van der Waals surface area (Å²) in [5.41, 5.74) is 0.766. The summed E-state index contributed by atoms with van der Waals surface area (Å²) in [6, 6.07) is 3.03. The van der Waals surface area contributed by atoms with E-state index in [0.29, 0.717) is 6.54 Å². The zero-order chi connectivity index (χ0) is 12.8. The maximum absolute atomic E-state index is 12.8. The molecule has 0 aliphatic rings. The summed E-state index contributed by atoms with van der Waals surface area (Å²) in [6.07, 6.45) is 2.08. The van der Waals surface area contributed by atoms with Gasteiger partial charge in [0, 0.05) is 6.54 Å². The van der Waals surface area contributed by atoms with Gasteiger partial charge in [-0.2, -0.15) is 0 Å². The minimum Gasteiger partial charge on any atom is -0.481 e. The minimum absolute atomic E-state index is 0.0231. The van der Waals surface area contributed by atoms with Crippen molar-refractivity contribution in [2.24, 2.45) is 0 Å². The van der Waals surface area contributed by atoms with Gasteiger partial charge in [0.05, 0.1) is 24.4 Å². The van der Waals surface area contributed by atoms with Crippen molar-refractivity contribution in [2.45, 2.75) is 25.8 Å². The molecule has 94 valence electrons. The van der Waals surface area contributed by atoms with E-state index in [9.17, 15) is 9.18 Å². The molecule has 0 amide bonds. The van der Waals surface area contributed by atoms with Crippen LogP contribution in [0.5, 0.6) is 0 Å². The zero-order valence-corrected chi connectivity index (χ0v) is 10.1. The number of carboxylic acid groups (broad SMARTS) is 1. The monoisotopic (exact) mass is 240 g/mol. The lowest BCUT2D eigenvalue weighted by molar-refractivity contribution is -0.137. The van der Waals surface area contributed by atoms with E-state index in [1.165, 1.54) is 12.3 Å². The molecular formula is C12H17FN2O2. The predicted molar refractivity (Wildman–Crippen MR) is 62.1 cm³/mol. The SMILES string of the molecule is CCC(c1ccc(F)cn1)N(C)CCC(=O)O.